The van der Waals surface area contributed by atoms with Crippen LogP contribution < -0.4 is 0 Å². The molecule has 3 N–H and O–H groups in total. The molecule has 0 aliphatic carbocycles. The van der Waals surface area contributed by atoms with E-state index in [1.807, 2.05) is 0 Å². The molecular formula is C3H12O4PSi+. The fraction of sp³-hybridized carbons (Fsp3) is 1.00. The van der Waals surface area contributed by atoms with Gasteiger partial charge in [0.2, 0.25) is 0 Å². The average molecular weight is 171 g/mol. The predicted octanol–water partition coefficient (Wildman–Crippen LogP) is 0.492. The van der Waals surface area contributed by atoms with Crippen LogP contribution in [0, 0.1) is 0 Å². The third-order valence-corrected chi connectivity index (χ3v) is 3.57. The Hall–Kier alpha value is 0.487. The average Bonchev–Trinajstić information content (AvgIpc) is 1.14. The largest absolute Gasteiger partial charge is 0.555 e. The molecule has 0 spiro atoms. The van der Waals surface area contributed by atoms with E-state index in [1.165, 1.54) is 0 Å². The molecule has 0 amide bonds. The van der Waals surface area contributed by atoms with Crippen LogP contribution in [-0.2, 0) is 4.21 Å². The third kappa shape index (κ3) is 8.49. The maximum atomic E-state index is 8.39. The van der Waals surface area contributed by atoms with Gasteiger partial charge in [-0.3, -0.25) is 0 Å². The topological polar surface area (TPSA) is 69.9 Å². The molecule has 9 heavy (non-hydrogen) atoms. The van der Waals surface area contributed by atoms with E-state index in [-0.39, 0.29) is 0 Å². The zero-order valence-corrected chi connectivity index (χ0v) is 7.59. The van der Waals surface area contributed by atoms with Gasteiger partial charge in [0.15, 0.2) is 0 Å². The van der Waals surface area contributed by atoms with Gasteiger partial charge in [-0.1, -0.05) is 0 Å². The Morgan fingerprint density at radius 1 is 1.11 bits per heavy atom. The van der Waals surface area contributed by atoms with Crippen LogP contribution in [0.15, 0.2) is 0 Å². The molecule has 0 radical (unpaired) electrons. The first-order chi connectivity index (χ1) is 3.71. The van der Waals surface area contributed by atoms with E-state index < -0.39 is 16.5 Å². The summed E-state index contributed by atoms with van der Waals surface area (Å²) in [5.74, 6) is 0. The van der Waals surface area contributed by atoms with Crippen LogP contribution in [0.4, 0.5) is 0 Å². The van der Waals surface area contributed by atoms with Crippen LogP contribution in [0.25, 0.3) is 0 Å². The Kier molecular flexibility index (Phi) is 2.76. The van der Waals surface area contributed by atoms with Gasteiger partial charge in [-0.2, -0.15) is 14.7 Å². The first kappa shape index (κ1) is 9.49. The first-order valence-electron chi connectivity index (χ1n) is 2.49. The molecular weight excluding hydrogens is 159 g/mol. The maximum Gasteiger partial charge on any atom is 0.555 e. The second-order valence-electron chi connectivity index (χ2n) is 2.72. The summed E-state index contributed by atoms with van der Waals surface area (Å²) in [4.78, 5) is 25.2. The van der Waals surface area contributed by atoms with Gasteiger partial charge in [-0.15, -0.1) is 0 Å². The van der Waals surface area contributed by atoms with E-state index in [2.05, 4.69) is 4.21 Å². The Labute approximate surface area is 55.9 Å². The van der Waals surface area contributed by atoms with E-state index in [4.69, 9.17) is 14.7 Å². The molecule has 0 aliphatic heterocycles. The van der Waals surface area contributed by atoms with Gasteiger partial charge in [0.1, 0.15) is 0 Å². The molecule has 4 nitrogen and oxygen atoms in total. The van der Waals surface area contributed by atoms with Crippen molar-refractivity contribution in [3.05, 3.63) is 0 Å². The minimum atomic E-state index is -3.98. The van der Waals surface area contributed by atoms with Gasteiger partial charge in [-0.05, 0) is 19.6 Å². The van der Waals surface area contributed by atoms with Crippen LogP contribution in [-0.4, -0.2) is 23.0 Å². The molecule has 0 saturated heterocycles. The Bertz CT molecular complexity index is 81.0. The first-order valence-corrected chi connectivity index (χ1v) is 7.46. The Morgan fingerprint density at radius 2 is 1.44 bits per heavy atom. The molecule has 6 heteroatoms. The van der Waals surface area contributed by atoms with Crippen molar-refractivity contribution in [3.8, 4) is 0 Å². The third-order valence-electron chi connectivity index (χ3n) is 0.396. The van der Waals surface area contributed by atoms with Gasteiger partial charge in [0.05, 0.1) is 0 Å². The lowest BCUT2D eigenvalue weighted by atomic mass is 11.8. The van der Waals surface area contributed by atoms with Crippen molar-refractivity contribution >= 4 is 16.5 Å². The van der Waals surface area contributed by atoms with E-state index in [0.717, 1.165) is 0 Å². The van der Waals surface area contributed by atoms with Crippen molar-refractivity contribution in [3.63, 3.8) is 0 Å². The standard InChI is InChI=1S/C3H12O4PSi/c1-9(2,3)7-8(4,5)6/h4-6H,1-3H3/q+1. The van der Waals surface area contributed by atoms with Gasteiger partial charge in [0.25, 0.3) is 8.32 Å². The molecule has 0 saturated carbocycles. The molecule has 0 aromatic carbocycles. The highest BCUT2D eigenvalue weighted by Crippen LogP contribution is 2.48. The lowest BCUT2D eigenvalue weighted by Gasteiger charge is -2.13. The monoisotopic (exact) mass is 171 g/mol. The molecule has 0 fully saturated rings. The number of rotatable bonds is 2. The Balaban J connectivity index is 3.75. The summed E-state index contributed by atoms with van der Waals surface area (Å²) < 4.78 is 4.54. The summed E-state index contributed by atoms with van der Waals surface area (Å²) in [5.41, 5.74) is 0. The van der Waals surface area contributed by atoms with Gasteiger partial charge < -0.3 is 0 Å². The zero-order valence-electron chi connectivity index (χ0n) is 5.70. The molecule has 0 atom stereocenters. The fourth-order valence-electron chi connectivity index (χ4n) is 0.367. The maximum absolute atomic E-state index is 8.39. The highest BCUT2D eigenvalue weighted by Gasteiger charge is 2.40. The lowest BCUT2D eigenvalue weighted by Crippen LogP contribution is -2.25. The number of hydrogen-bond donors (Lipinski definition) is 3. The number of hydrogen-bond acceptors (Lipinski definition) is 4. The molecule has 0 bridgehead atoms. The van der Waals surface area contributed by atoms with Gasteiger partial charge >= 0.3 is 8.17 Å². The van der Waals surface area contributed by atoms with E-state index in [0.29, 0.717) is 0 Å². The fourth-order valence-corrected chi connectivity index (χ4v) is 3.31. The zero-order chi connectivity index (χ0) is 7.71. The Morgan fingerprint density at radius 3 is 1.44 bits per heavy atom. The second-order valence-corrected chi connectivity index (χ2v) is 8.70. The highest BCUT2D eigenvalue weighted by atomic mass is 31.2. The summed E-state index contributed by atoms with van der Waals surface area (Å²) in [5, 5.41) is 0. The van der Waals surface area contributed by atoms with Crippen LogP contribution in [0.1, 0.15) is 0 Å². The quantitative estimate of drug-likeness (QED) is 0.418. The van der Waals surface area contributed by atoms with Crippen LogP contribution in [0.3, 0.4) is 0 Å². The summed E-state index contributed by atoms with van der Waals surface area (Å²) in [7, 11) is -5.97. The second kappa shape index (κ2) is 2.62. The van der Waals surface area contributed by atoms with Crippen LogP contribution in [0.5, 0.6) is 0 Å². The molecule has 0 heterocycles. The van der Waals surface area contributed by atoms with Crippen LogP contribution in [0.2, 0.25) is 19.6 Å². The van der Waals surface area contributed by atoms with Crippen molar-refractivity contribution in [2.24, 2.45) is 0 Å². The summed E-state index contributed by atoms with van der Waals surface area (Å²) in [6.45, 7) is 5.26. The molecule has 0 aromatic rings. The molecule has 56 valence electrons. The predicted molar refractivity (Wildman–Crippen MR) is 38.0 cm³/mol. The molecule has 0 aliphatic rings. The van der Waals surface area contributed by atoms with Crippen molar-refractivity contribution < 1.29 is 18.9 Å². The minimum Gasteiger partial charge on any atom is -0.209 e. The van der Waals surface area contributed by atoms with Crippen molar-refractivity contribution in [1.82, 2.24) is 0 Å². The lowest BCUT2D eigenvalue weighted by molar-refractivity contribution is 0.235. The summed E-state index contributed by atoms with van der Waals surface area (Å²) in [6.07, 6.45) is 0. The summed E-state index contributed by atoms with van der Waals surface area (Å²) in [6, 6.07) is 0. The molecule has 0 rings (SSSR count). The normalized spacial score (nSPS) is 14.0. The van der Waals surface area contributed by atoms with Gasteiger partial charge in [0, 0.05) is 0 Å². The van der Waals surface area contributed by atoms with Gasteiger partial charge in [-0.25, -0.2) is 4.21 Å². The smallest absolute Gasteiger partial charge is 0.209 e. The van der Waals surface area contributed by atoms with E-state index >= 15 is 0 Å². The molecule has 0 unspecified atom stereocenters. The van der Waals surface area contributed by atoms with Crippen molar-refractivity contribution in [1.29, 1.82) is 0 Å². The highest BCUT2D eigenvalue weighted by molar-refractivity contribution is 7.55. The summed E-state index contributed by atoms with van der Waals surface area (Å²) >= 11 is 0. The SMILES string of the molecule is C[Si](C)(C)O[P+](O)(O)O. The van der Waals surface area contributed by atoms with Crippen molar-refractivity contribution in [2.75, 3.05) is 0 Å². The van der Waals surface area contributed by atoms with E-state index in [9.17, 15) is 0 Å². The van der Waals surface area contributed by atoms with Crippen molar-refractivity contribution in [2.45, 2.75) is 19.6 Å². The molecule has 0 aromatic heterocycles. The van der Waals surface area contributed by atoms with E-state index in [1.54, 1.807) is 19.6 Å². The minimum absolute atomic E-state index is 1.75. The van der Waals surface area contributed by atoms with Crippen LogP contribution >= 0.6 is 8.17 Å².